The van der Waals surface area contributed by atoms with Gasteiger partial charge in [0.2, 0.25) is 5.78 Å². The van der Waals surface area contributed by atoms with Crippen LogP contribution in [0.2, 0.25) is 0 Å². The smallest absolute Gasteiger partial charge is 0.204 e. The lowest BCUT2D eigenvalue weighted by molar-refractivity contribution is 0.0652. The summed E-state index contributed by atoms with van der Waals surface area (Å²) in [6.45, 7) is 6.24. The Bertz CT molecular complexity index is 1480. The number of hydrogen-bond donors (Lipinski definition) is 2. The van der Waals surface area contributed by atoms with Crippen LogP contribution in [-0.2, 0) is 0 Å². The highest BCUT2D eigenvalue weighted by Gasteiger charge is 2.67. The first-order chi connectivity index (χ1) is 17.8. The van der Waals surface area contributed by atoms with Crippen molar-refractivity contribution in [2.45, 2.75) is 44.7 Å². The Kier molecular flexibility index (Phi) is 5.46. The Labute approximate surface area is 215 Å². The van der Waals surface area contributed by atoms with E-state index in [4.69, 9.17) is 0 Å². The number of ketones is 3. The average molecular weight is 492 g/mol. The molecule has 2 heterocycles. The third-order valence-electron chi connectivity index (χ3n) is 7.90. The van der Waals surface area contributed by atoms with Gasteiger partial charge in [-0.15, -0.1) is 0 Å². The number of nitrogens with zero attached hydrogens (tertiary/aromatic N) is 1. The van der Waals surface area contributed by atoms with Gasteiger partial charge in [-0.3, -0.25) is 19.7 Å². The molecule has 2 aliphatic rings. The highest BCUT2D eigenvalue weighted by Crippen LogP contribution is 2.50. The average Bonchev–Trinajstić information content (AvgIpc) is 3.53. The normalized spacial score (nSPS) is 22.3. The number of rotatable bonds is 5. The SMILES string of the molecule is Cc1ccc(C2C(CC(C)C)NC3(C(=O)c4ccccc4C3=O)C2C(=O)c2nc3ccccc3[nH]2)cc1. The second-order valence-electron chi connectivity index (χ2n) is 10.8. The highest BCUT2D eigenvalue weighted by molar-refractivity contribution is 6.35. The number of benzene rings is 3. The van der Waals surface area contributed by atoms with Crippen LogP contribution < -0.4 is 5.32 Å². The molecular weight excluding hydrogens is 462 g/mol. The quantitative estimate of drug-likeness (QED) is 0.292. The molecule has 3 unspecified atom stereocenters. The molecule has 4 aromatic rings. The third-order valence-corrected chi connectivity index (χ3v) is 7.90. The molecule has 1 aliphatic carbocycles. The molecule has 1 aliphatic heterocycles. The summed E-state index contributed by atoms with van der Waals surface area (Å²) in [6.07, 6.45) is 0.709. The number of hydrogen-bond acceptors (Lipinski definition) is 5. The zero-order valence-corrected chi connectivity index (χ0v) is 21.1. The minimum atomic E-state index is -1.67. The van der Waals surface area contributed by atoms with Gasteiger partial charge in [0.15, 0.2) is 22.9 Å². The van der Waals surface area contributed by atoms with Crippen molar-refractivity contribution in [3.63, 3.8) is 0 Å². The summed E-state index contributed by atoms with van der Waals surface area (Å²) in [5.74, 6) is -1.85. The molecule has 0 radical (unpaired) electrons. The molecule has 37 heavy (non-hydrogen) atoms. The molecule has 6 rings (SSSR count). The van der Waals surface area contributed by atoms with E-state index in [9.17, 15) is 14.4 Å². The van der Waals surface area contributed by atoms with Gasteiger partial charge in [-0.05, 0) is 37.0 Å². The van der Waals surface area contributed by atoms with E-state index in [0.29, 0.717) is 23.1 Å². The Hall–Kier alpha value is -3.90. The molecule has 0 saturated carbocycles. The van der Waals surface area contributed by atoms with Gasteiger partial charge in [0.05, 0.1) is 17.0 Å². The lowest BCUT2D eigenvalue weighted by atomic mass is 9.70. The van der Waals surface area contributed by atoms with Gasteiger partial charge in [-0.1, -0.05) is 80.1 Å². The van der Waals surface area contributed by atoms with E-state index in [2.05, 4.69) is 29.1 Å². The zero-order chi connectivity index (χ0) is 25.9. The molecule has 2 N–H and O–H groups in total. The maximum atomic E-state index is 14.5. The summed E-state index contributed by atoms with van der Waals surface area (Å²) in [7, 11) is 0. The van der Waals surface area contributed by atoms with Gasteiger partial charge in [0.1, 0.15) is 0 Å². The Morgan fingerprint density at radius 2 is 1.54 bits per heavy atom. The first-order valence-electron chi connectivity index (χ1n) is 12.8. The second kappa shape index (κ2) is 8.60. The van der Waals surface area contributed by atoms with Gasteiger partial charge >= 0.3 is 0 Å². The van der Waals surface area contributed by atoms with E-state index in [-0.39, 0.29) is 41.1 Å². The van der Waals surface area contributed by atoms with E-state index in [1.807, 2.05) is 55.5 Å². The van der Waals surface area contributed by atoms with Crippen LogP contribution in [0.1, 0.15) is 68.6 Å². The van der Waals surface area contributed by atoms with E-state index < -0.39 is 11.5 Å². The summed E-state index contributed by atoms with van der Waals surface area (Å²) in [5.41, 5.74) is 2.52. The van der Waals surface area contributed by atoms with Crippen LogP contribution >= 0.6 is 0 Å². The molecule has 3 aromatic carbocycles. The molecule has 1 spiro atoms. The highest BCUT2D eigenvalue weighted by atomic mass is 16.2. The number of aryl methyl sites for hydroxylation is 1. The van der Waals surface area contributed by atoms with Crippen molar-refractivity contribution in [3.8, 4) is 0 Å². The van der Waals surface area contributed by atoms with Crippen LogP contribution in [0.4, 0.5) is 0 Å². The maximum absolute atomic E-state index is 14.5. The summed E-state index contributed by atoms with van der Waals surface area (Å²) in [4.78, 5) is 50.5. The predicted molar refractivity (Wildman–Crippen MR) is 142 cm³/mol. The monoisotopic (exact) mass is 491 g/mol. The number of imidazole rings is 1. The van der Waals surface area contributed by atoms with Crippen molar-refractivity contribution in [2.24, 2.45) is 11.8 Å². The van der Waals surface area contributed by atoms with Crippen molar-refractivity contribution in [3.05, 3.63) is 101 Å². The third kappa shape index (κ3) is 3.50. The standard InChI is InChI=1S/C31H29N3O3/c1-17(2)16-24-25(19-14-12-18(3)13-15-19)26(27(35)30-32-22-10-6-7-11-23(22)33-30)31(34-24)28(36)20-8-4-5-9-21(20)29(31)37/h4-15,17,24-26,34H,16H2,1-3H3,(H,32,33). The van der Waals surface area contributed by atoms with Crippen molar-refractivity contribution < 1.29 is 14.4 Å². The zero-order valence-electron chi connectivity index (χ0n) is 21.1. The van der Waals surface area contributed by atoms with Crippen molar-refractivity contribution >= 4 is 28.4 Å². The minimum Gasteiger partial charge on any atom is -0.335 e. The fraction of sp³-hybridized carbons (Fsp3) is 0.290. The minimum absolute atomic E-state index is 0.172. The molecule has 0 amide bonds. The van der Waals surface area contributed by atoms with Gasteiger partial charge in [0, 0.05) is 23.1 Å². The summed E-state index contributed by atoms with van der Waals surface area (Å²) in [6, 6.07) is 22.2. The van der Waals surface area contributed by atoms with E-state index >= 15 is 0 Å². The molecule has 6 heteroatoms. The summed E-state index contributed by atoms with van der Waals surface area (Å²) < 4.78 is 0. The van der Waals surface area contributed by atoms with Gasteiger partial charge < -0.3 is 4.98 Å². The first-order valence-corrected chi connectivity index (χ1v) is 12.8. The number of para-hydroxylation sites is 2. The van der Waals surface area contributed by atoms with Crippen LogP contribution in [-0.4, -0.2) is 38.9 Å². The predicted octanol–water partition coefficient (Wildman–Crippen LogP) is 5.29. The van der Waals surface area contributed by atoms with Gasteiger partial charge in [-0.2, -0.15) is 0 Å². The Morgan fingerprint density at radius 3 is 2.16 bits per heavy atom. The molecule has 3 atom stereocenters. The molecular formula is C31H29N3O3. The van der Waals surface area contributed by atoms with Crippen LogP contribution in [0, 0.1) is 18.8 Å². The molecule has 1 aromatic heterocycles. The van der Waals surface area contributed by atoms with Crippen molar-refractivity contribution in [2.75, 3.05) is 0 Å². The van der Waals surface area contributed by atoms with E-state index in [1.54, 1.807) is 24.3 Å². The molecule has 186 valence electrons. The topological polar surface area (TPSA) is 91.9 Å². The number of fused-ring (bicyclic) bond motifs is 2. The Morgan fingerprint density at radius 1 is 0.919 bits per heavy atom. The molecule has 6 nitrogen and oxygen atoms in total. The van der Waals surface area contributed by atoms with Crippen LogP contribution in [0.3, 0.4) is 0 Å². The van der Waals surface area contributed by atoms with Crippen molar-refractivity contribution in [1.82, 2.24) is 15.3 Å². The van der Waals surface area contributed by atoms with Crippen LogP contribution in [0.15, 0.2) is 72.8 Å². The fourth-order valence-corrected chi connectivity index (χ4v) is 6.30. The molecule has 1 saturated heterocycles. The van der Waals surface area contributed by atoms with E-state index in [1.165, 1.54) is 0 Å². The summed E-state index contributed by atoms with van der Waals surface area (Å²) >= 11 is 0. The Balaban J connectivity index is 1.57. The number of aromatic amines is 1. The fourth-order valence-electron chi connectivity index (χ4n) is 6.30. The largest absolute Gasteiger partial charge is 0.335 e. The lowest BCUT2D eigenvalue weighted by Gasteiger charge is -2.29. The number of carbonyl (C=O) groups excluding carboxylic acids is 3. The van der Waals surface area contributed by atoms with E-state index in [0.717, 1.165) is 16.6 Å². The van der Waals surface area contributed by atoms with Gasteiger partial charge in [-0.25, -0.2) is 4.98 Å². The van der Waals surface area contributed by atoms with Crippen LogP contribution in [0.5, 0.6) is 0 Å². The van der Waals surface area contributed by atoms with Gasteiger partial charge in [0.25, 0.3) is 0 Å². The number of nitrogens with one attached hydrogen (secondary N) is 2. The number of aromatic nitrogens is 2. The van der Waals surface area contributed by atoms with Crippen molar-refractivity contribution in [1.29, 1.82) is 0 Å². The molecule has 1 fully saturated rings. The number of Topliss-reactive ketones (excluding diaryl/α,β-unsaturated/α-hetero) is 3. The lowest BCUT2D eigenvalue weighted by Crippen LogP contribution is -2.58. The number of H-pyrrole nitrogens is 1. The first kappa shape index (κ1) is 23.5. The number of carbonyl (C=O) groups is 3. The second-order valence-corrected chi connectivity index (χ2v) is 10.8. The maximum Gasteiger partial charge on any atom is 0.204 e. The molecule has 0 bridgehead atoms. The summed E-state index contributed by atoms with van der Waals surface area (Å²) in [5, 5.41) is 3.48. The van der Waals surface area contributed by atoms with Crippen LogP contribution in [0.25, 0.3) is 11.0 Å².